The molecule has 3 aromatic rings. The number of benzene rings is 1. The Morgan fingerprint density at radius 1 is 1.10 bits per heavy atom. The van der Waals surface area contributed by atoms with Gasteiger partial charge in [-0.3, -0.25) is 4.79 Å². The topological polar surface area (TPSA) is 114 Å². The van der Waals surface area contributed by atoms with Crippen molar-refractivity contribution < 1.29 is 17.6 Å². The summed E-state index contributed by atoms with van der Waals surface area (Å²) < 4.78 is 33.5. The molecule has 1 aliphatic carbocycles. The van der Waals surface area contributed by atoms with Gasteiger partial charge in [0, 0.05) is 17.4 Å². The molecule has 8 nitrogen and oxygen atoms in total. The first-order valence-electron chi connectivity index (χ1n) is 10.2. The largest absolute Gasteiger partial charge is 0.430 e. The number of aryl methyl sites for hydroxylation is 1. The van der Waals surface area contributed by atoms with E-state index in [0.29, 0.717) is 22.1 Å². The number of nitrogens with one attached hydrogen (secondary N) is 2. The number of anilines is 1. The lowest BCUT2D eigenvalue weighted by Gasteiger charge is -2.22. The van der Waals surface area contributed by atoms with Crippen LogP contribution in [-0.4, -0.2) is 36.1 Å². The number of nitrogens with zero attached hydrogens (tertiary/aromatic N) is 2. The molecule has 10 heteroatoms. The Balaban J connectivity index is 1.31. The van der Waals surface area contributed by atoms with E-state index in [-0.39, 0.29) is 22.6 Å². The summed E-state index contributed by atoms with van der Waals surface area (Å²) in [5.41, 5.74) is 2.46. The van der Waals surface area contributed by atoms with Gasteiger partial charge in [0.25, 0.3) is 5.22 Å². The third kappa shape index (κ3) is 5.63. The van der Waals surface area contributed by atoms with Gasteiger partial charge in [0.2, 0.25) is 15.9 Å². The number of fused-ring (bicyclic) bond motifs is 1. The number of carbonyl (C=O) groups is 1. The van der Waals surface area contributed by atoms with E-state index in [1.54, 1.807) is 18.2 Å². The van der Waals surface area contributed by atoms with Crippen molar-refractivity contribution in [3.8, 4) is 0 Å². The van der Waals surface area contributed by atoms with Gasteiger partial charge < -0.3 is 9.73 Å². The summed E-state index contributed by atoms with van der Waals surface area (Å²) in [6.45, 7) is 1.87. The molecule has 1 fully saturated rings. The maximum atomic E-state index is 12.6. The highest BCUT2D eigenvalue weighted by molar-refractivity contribution is 7.99. The molecule has 0 radical (unpaired) electrons. The van der Waals surface area contributed by atoms with Crippen LogP contribution in [0.25, 0.3) is 11.2 Å². The third-order valence-corrected chi connectivity index (χ3v) is 7.44. The van der Waals surface area contributed by atoms with E-state index < -0.39 is 10.0 Å². The van der Waals surface area contributed by atoms with Crippen molar-refractivity contribution in [2.75, 3.05) is 11.1 Å². The molecular formula is C21H24N4O4S2. The van der Waals surface area contributed by atoms with Gasteiger partial charge in [-0.05, 0) is 56.2 Å². The fourth-order valence-electron chi connectivity index (χ4n) is 3.50. The Morgan fingerprint density at radius 2 is 1.84 bits per heavy atom. The highest BCUT2D eigenvalue weighted by Crippen LogP contribution is 2.23. The molecule has 164 valence electrons. The average molecular weight is 461 g/mol. The van der Waals surface area contributed by atoms with E-state index in [1.807, 2.05) is 13.0 Å². The smallest absolute Gasteiger partial charge is 0.258 e. The van der Waals surface area contributed by atoms with Gasteiger partial charge in [-0.15, -0.1) is 0 Å². The van der Waals surface area contributed by atoms with Crippen LogP contribution in [0.3, 0.4) is 0 Å². The van der Waals surface area contributed by atoms with Crippen molar-refractivity contribution in [3.05, 3.63) is 42.1 Å². The van der Waals surface area contributed by atoms with Crippen molar-refractivity contribution in [1.82, 2.24) is 14.7 Å². The first kappa shape index (κ1) is 21.8. The van der Waals surface area contributed by atoms with E-state index in [9.17, 15) is 13.2 Å². The molecule has 1 saturated carbocycles. The molecule has 0 bridgehead atoms. The standard InChI is InChI=1S/C21H24N4O4S2/c1-14-7-12-18-20(22-14)24-21(29-18)30-13-19(26)23-15-8-10-17(11-9-15)31(27,28)25-16-5-3-2-4-6-16/h7-12,16,25H,2-6,13H2,1H3,(H,23,26). The van der Waals surface area contributed by atoms with Gasteiger partial charge in [0.05, 0.1) is 10.6 Å². The Morgan fingerprint density at radius 3 is 2.58 bits per heavy atom. The number of carbonyl (C=O) groups excluding carboxylic acids is 1. The molecule has 0 spiro atoms. The minimum atomic E-state index is -3.56. The summed E-state index contributed by atoms with van der Waals surface area (Å²) in [4.78, 5) is 21.0. The lowest BCUT2D eigenvalue weighted by Crippen LogP contribution is -2.36. The molecule has 1 aromatic carbocycles. The second-order valence-corrected chi connectivity index (χ2v) is 10.2. The predicted molar refractivity (Wildman–Crippen MR) is 120 cm³/mol. The lowest BCUT2D eigenvalue weighted by molar-refractivity contribution is -0.113. The number of sulfonamides is 1. The van der Waals surface area contributed by atoms with E-state index in [1.165, 1.54) is 23.9 Å². The zero-order valence-corrected chi connectivity index (χ0v) is 18.8. The quantitative estimate of drug-likeness (QED) is 0.514. The number of hydrogen-bond acceptors (Lipinski definition) is 7. The summed E-state index contributed by atoms with van der Waals surface area (Å²) in [7, 11) is -3.56. The summed E-state index contributed by atoms with van der Waals surface area (Å²) in [5, 5.41) is 3.13. The average Bonchev–Trinajstić information content (AvgIpc) is 3.15. The molecule has 0 saturated heterocycles. The molecule has 31 heavy (non-hydrogen) atoms. The Hall–Kier alpha value is -2.43. The van der Waals surface area contributed by atoms with Crippen molar-refractivity contribution in [2.45, 2.75) is 55.2 Å². The highest BCUT2D eigenvalue weighted by Gasteiger charge is 2.21. The summed E-state index contributed by atoms with van der Waals surface area (Å²) >= 11 is 1.17. The molecule has 1 aliphatic rings. The number of oxazole rings is 1. The van der Waals surface area contributed by atoms with E-state index in [0.717, 1.165) is 37.8 Å². The molecule has 0 atom stereocenters. The van der Waals surface area contributed by atoms with Crippen LogP contribution in [0.5, 0.6) is 0 Å². The zero-order chi connectivity index (χ0) is 21.8. The minimum Gasteiger partial charge on any atom is -0.430 e. The molecular weight excluding hydrogens is 436 g/mol. The van der Waals surface area contributed by atoms with Gasteiger partial charge in [-0.25, -0.2) is 18.1 Å². The lowest BCUT2D eigenvalue weighted by atomic mass is 9.96. The zero-order valence-electron chi connectivity index (χ0n) is 17.1. The van der Waals surface area contributed by atoms with E-state index in [2.05, 4.69) is 20.0 Å². The van der Waals surface area contributed by atoms with Gasteiger partial charge >= 0.3 is 0 Å². The van der Waals surface area contributed by atoms with Crippen LogP contribution >= 0.6 is 11.8 Å². The monoisotopic (exact) mass is 460 g/mol. The summed E-state index contributed by atoms with van der Waals surface area (Å²) in [6, 6.07) is 9.82. The molecule has 2 N–H and O–H groups in total. The SMILES string of the molecule is Cc1ccc2oc(SCC(=O)Nc3ccc(S(=O)(=O)NC4CCCCC4)cc3)nc2n1. The van der Waals surface area contributed by atoms with Gasteiger partial charge in [0.15, 0.2) is 11.2 Å². The van der Waals surface area contributed by atoms with Gasteiger partial charge in [-0.1, -0.05) is 31.0 Å². The summed E-state index contributed by atoms with van der Waals surface area (Å²) in [5.74, 6) is -0.137. The fourth-order valence-corrected chi connectivity index (χ4v) is 5.44. The van der Waals surface area contributed by atoms with Crippen molar-refractivity contribution in [2.24, 2.45) is 0 Å². The van der Waals surface area contributed by atoms with Crippen molar-refractivity contribution in [3.63, 3.8) is 0 Å². The Kier molecular flexibility index (Phi) is 6.59. The maximum Gasteiger partial charge on any atom is 0.258 e. The molecule has 2 aromatic heterocycles. The van der Waals surface area contributed by atoms with Crippen LogP contribution in [0.2, 0.25) is 0 Å². The number of thioether (sulfide) groups is 1. The Bertz CT molecular complexity index is 1170. The maximum absolute atomic E-state index is 12.6. The van der Waals surface area contributed by atoms with Crippen LogP contribution in [-0.2, 0) is 14.8 Å². The molecule has 0 aliphatic heterocycles. The number of aromatic nitrogens is 2. The second-order valence-electron chi connectivity index (χ2n) is 7.57. The summed E-state index contributed by atoms with van der Waals surface area (Å²) in [6.07, 6.45) is 5.02. The first-order chi connectivity index (χ1) is 14.9. The van der Waals surface area contributed by atoms with Crippen LogP contribution < -0.4 is 10.0 Å². The van der Waals surface area contributed by atoms with E-state index in [4.69, 9.17) is 4.42 Å². The minimum absolute atomic E-state index is 0.00104. The molecule has 2 heterocycles. The third-order valence-electron chi connectivity index (χ3n) is 5.08. The fraction of sp³-hybridized carbons (Fsp3) is 0.381. The number of rotatable bonds is 7. The van der Waals surface area contributed by atoms with Crippen LogP contribution in [0, 0.1) is 6.92 Å². The molecule has 0 unspecified atom stereocenters. The van der Waals surface area contributed by atoms with E-state index >= 15 is 0 Å². The first-order valence-corrected chi connectivity index (χ1v) is 12.7. The normalized spacial score (nSPS) is 15.3. The number of hydrogen-bond donors (Lipinski definition) is 2. The van der Waals surface area contributed by atoms with Crippen LogP contribution in [0.1, 0.15) is 37.8 Å². The highest BCUT2D eigenvalue weighted by atomic mass is 32.2. The van der Waals surface area contributed by atoms with Crippen molar-refractivity contribution in [1.29, 1.82) is 0 Å². The predicted octanol–water partition coefficient (Wildman–Crippen LogP) is 3.87. The molecule has 4 rings (SSSR count). The number of amides is 1. The van der Waals surface area contributed by atoms with Gasteiger partial charge in [-0.2, -0.15) is 4.98 Å². The molecule has 1 amide bonds. The Labute approximate surface area is 185 Å². The van der Waals surface area contributed by atoms with Gasteiger partial charge in [0.1, 0.15) is 0 Å². The number of pyridine rings is 1. The van der Waals surface area contributed by atoms with Crippen LogP contribution in [0.15, 0.2) is 50.9 Å². The van der Waals surface area contributed by atoms with Crippen molar-refractivity contribution >= 4 is 44.6 Å². The van der Waals surface area contributed by atoms with Crippen LogP contribution in [0.4, 0.5) is 5.69 Å². The second kappa shape index (κ2) is 9.37.